The van der Waals surface area contributed by atoms with Gasteiger partial charge in [-0.3, -0.25) is 10.1 Å². The Kier molecular flexibility index (Phi) is 3.53. The van der Waals surface area contributed by atoms with Crippen molar-refractivity contribution in [3.63, 3.8) is 0 Å². The molecule has 0 fully saturated rings. The number of nitrogens with zero attached hydrogens (tertiary/aromatic N) is 1. The molecule has 2 N–H and O–H groups in total. The van der Waals surface area contributed by atoms with Crippen LogP contribution in [0, 0.1) is 16.0 Å². The number of allylic oxidation sites excluding steroid dienone is 2. The minimum Gasteiger partial charge on any atom is -0.478 e. The molecule has 0 radical (unpaired) electrons. The molecule has 0 bridgehead atoms. The largest absolute Gasteiger partial charge is 0.478 e. The first-order chi connectivity index (χ1) is 12.1. The molecule has 0 amide bonds. The minimum atomic E-state index is -0.968. The molecule has 0 saturated carbocycles. The van der Waals surface area contributed by atoms with E-state index in [9.17, 15) is 14.9 Å². The van der Waals surface area contributed by atoms with E-state index in [-0.39, 0.29) is 34.1 Å². The van der Waals surface area contributed by atoms with Gasteiger partial charge < -0.3 is 10.4 Å². The van der Waals surface area contributed by atoms with Gasteiger partial charge in [0.1, 0.15) is 5.69 Å². The fraction of sp³-hybridized carbons (Fsp3) is 0.211. The zero-order chi connectivity index (χ0) is 17.6. The van der Waals surface area contributed by atoms with Gasteiger partial charge in [0.15, 0.2) is 0 Å². The van der Waals surface area contributed by atoms with Crippen LogP contribution in [0.3, 0.4) is 0 Å². The highest BCUT2D eigenvalue weighted by molar-refractivity contribution is 5.87. The number of nitrogens with one attached hydrogen (secondary N) is 1. The average Bonchev–Trinajstić information content (AvgIpc) is 3.10. The third-order valence-electron chi connectivity index (χ3n) is 5.09. The molecule has 6 nitrogen and oxygen atoms in total. The quantitative estimate of drug-likeness (QED) is 0.500. The van der Waals surface area contributed by atoms with Gasteiger partial charge in [-0.2, -0.15) is 0 Å². The van der Waals surface area contributed by atoms with E-state index >= 15 is 0 Å². The lowest BCUT2D eigenvalue weighted by Crippen LogP contribution is -2.29. The van der Waals surface area contributed by atoms with Crippen LogP contribution in [0.15, 0.2) is 54.6 Å². The molecule has 1 aliphatic heterocycles. The van der Waals surface area contributed by atoms with Crippen LogP contribution < -0.4 is 5.32 Å². The summed E-state index contributed by atoms with van der Waals surface area (Å²) in [4.78, 5) is 22.1. The number of rotatable bonds is 3. The molecule has 126 valence electrons. The third-order valence-corrected chi connectivity index (χ3v) is 5.09. The van der Waals surface area contributed by atoms with E-state index in [4.69, 9.17) is 5.11 Å². The van der Waals surface area contributed by atoms with Crippen molar-refractivity contribution in [2.24, 2.45) is 5.92 Å². The maximum absolute atomic E-state index is 11.4. The molecule has 1 aliphatic carbocycles. The summed E-state index contributed by atoms with van der Waals surface area (Å²) < 4.78 is 0. The summed E-state index contributed by atoms with van der Waals surface area (Å²) in [6.07, 6.45) is 5.11. The van der Waals surface area contributed by atoms with Crippen molar-refractivity contribution in [2.45, 2.75) is 18.4 Å². The van der Waals surface area contributed by atoms with Crippen LogP contribution in [0.4, 0.5) is 11.4 Å². The van der Waals surface area contributed by atoms with Gasteiger partial charge in [-0.15, -0.1) is 0 Å². The average molecular weight is 336 g/mol. The zero-order valence-electron chi connectivity index (χ0n) is 13.3. The lowest BCUT2D eigenvalue weighted by molar-refractivity contribution is -0.384. The molecule has 2 aromatic carbocycles. The van der Waals surface area contributed by atoms with E-state index in [0.717, 1.165) is 17.5 Å². The number of nitro benzene ring substituents is 1. The summed E-state index contributed by atoms with van der Waals surface area (Å²) in [5, 5.41) is 23.8. The molecule has 6 heteroatoms. The van der Waals surface area contributed by atoms with E-state index in [1.807, 2.05) is 6.07 Å². The molecule has 3 atom stereocenters. The first-order valence-corrected chi connectivity index (χ1v) is 8.10. The number of carboxylic acid groups (broad SMARTS) is 1. The Morgan fingerprint density at radius 3 is 2.64 bits per heavy atom. The third kappa shape index (κ3) is 2.46. The predicted molar refractivity (Wildman–Crippen MR) is 92.8 cm³/mol. The summed E-state index contributed by atoms with van der Waals surface area (Å²) in [7, 11) is 0. The normalized spacial score (nSPS) is 23.4. The fourth-order valence-corrected chi connectivity index (χ4v) is 3.92. The number of carbonyl (C=O) groups is 1. The van der Waals surface area contributed by atoms with Crippen LogP contribution in [-0.2, 0) is 0 Å². The second-order valence-electron chi connectivity index (χ2n) is 6.40. The molecular weight excluding hydrogens is 320 g/mol. The monoisotopic (exact) mass is 336 g/mol. The van der Waals surface area contributed by atoms with E-state index < -0.39 is 5.97 Å². The lowest BCUT2D eigenvalue weighted by Gasteiger charge is -2.37. The Bertz CT molecular complexity index is 889. The maximum atomic E-state index is 11.4. The number of hydrogen-bond donors (Lipinski definition) is 2. The van der Waals surface area contributed by atoms with Gasteiger partial charge in [-0.05, 0) is 35.6 Å². The van der Waals surface area contributed by atoms with Gasteiger partial charge >= 0.3 is 5.97 Å². The first kappa shape index (κ1) is 15.4. The standard InChI is InChI=1S/C19H16N2O4/c22-19(23)12-9-7-11(8-10-12)17-14-4-1-3-13(14)15-5-2-6-16(21(24)25)18(15)20-17/h1-3,5-10,13-14,17,20H,4H2,(H,22,23)/t13-,14+,17+/m1/s1. The number of anilines is 1. The van der Waals surface area contributed by atoms with Gasteiger partial charge in [-0.1, -0.05) is 36.4 Å². The van der Waals surface area contributed by atoms with Crippen molar-refractivity contribution in [3.05, 3.63) is 81.4 Å². The molecule has 0 aromatic heterocycles. The van der Waals surface area contributed by atoms with Crippen molar-refractivity contribution in [3.8, 4) is 0 Å². The van der Waals surface area contributed by atoms with Gasteiger partial charge in [0, 0.05) is 12.0 Å². The van der Waals surface area contributed by atoms with Gasteiger partial charge in [0.2, 0.25) is 0 Å². The van der Waals surface area contributed by atoms with Crippen molar-refractivity contribution in [1.29, 1.82) is 0 Å². The zero-order valence-corrected chi connectivity index (χ0v) is 13.3. The van der Waals surface area contributed by atoms with Crippen LogP contribution in [0.1, 0.15) is 39.9 Å². The molecule has 2 aliphatic rings. The summed E-state index contributed by atoms with van der Waals surface area (Å²) in [6.45, 7) is 0. The topological polar surface area (TPSA) is 92.5 Å². The second-order valence-corrected chi connectivity index (χ2v) is 6.40. The molecular formula is C19H16N2O4. The Balaban J connectivity index is 1.78. The van der Waals surface area contributed by atoms with E-state index in [1.54, 1.807) is 30.3 Å². The highest BCUT2D eigenvalue weighted by Crippen LogP contribution is 2.51. The van der Waals surface area contributed by atoms with E-state index in [1.165, 1.54) is 6.07 Å². The van der Waals surface area contributed by atoms with Crippen LogP contribution >= 0.6 is 0 Å². The minimum absolute atomic E-state index is 0.0726. The van der Waals surface area contributed by atoms with Crippen LogP contribution in [0.2, 0.25) is 0 Å². The number of nitro groups is 1. The summed E-state index contributed by atoms with van der Waals surface area (Å²) in [5.41, 5.74) is 2.75. The van der Waals surface area contributed by atoms with Crippen molar-refractivity contribution < 1.29 is 14.8 Å². The number of hydrogen-bond acceptors (Lipinski definition) is 4. The predicted octanol–water partition coefficient (Wildman–Crippen LogP) is 4.12. The van der Waals surface area contributed by atoms with Crippen molar-refractivity contribution >= 4 is 17.3 Å². The molecule has 25 heavy (non-hydrogen) atoms. The molecule has 2 aromatic rings. The number of para-hydroxylation sites is 1. The van der Waals surface area contributed by atoms with Crippen molar-refractivity contribution in [2.75, 3.05) is 5.32 Å². The smallest absolute Gasteiger partial charge is 0.335 e. The van der Waals surface area contributed by atoms with Crippen LogP contribution in [-0.4, -0.2) is 16.0 Å². The lowest BCUT2D eigenvalue weighted by atomic mass is 9.76. The number of fused-ring (bicyclic) bond motifs is 3. The Labute approximate surface area is 144 Å². The highest BCUT2D eigenvalue weighted by atomic mass is 16.6. The fourth-order valence-electron chi connectivity index (χ4n) is 3.92. The molecule has 0 spiro atoms. The van der Waals surface area contributed by atoms with Crippen LogP contribution in [0.5, 0.6) is 0 Å². The Morgan fingerprint density at radius 2 is 1.96 bits per heavy atom. The van der Waals surface area contributed by atoms with Gasteiger partial charge in [0.05, 0.1) is 16.5 Å². The summed E-state index contributed by atoms with van der Waals surface area (Å²) >= 11 is 0. The van der Waals surface area contributed by atoms with Crippen molar-refractivity contribution in [1.82, 2.24) is 0 Å². The molecule has 0 unspecified atom stereocenters. The maximum Gasteiger partial charge on any atom is 0.335 e. The van der Waals surface area contributed by atoms with E-state index in [2.05, 4.69) is 17.5 Å². The van der Waals surface area contributed by atoms with E-state index in [0.29, 0.717) is 5.69 Å². The van der Waals surface area contributed by atoms with Crippen LogP contribution in [0.25, 0.3) is 0 Å². The number of aromatic carboxylic acids is 1. The second kappa shape index (κ2) is 5.73. The first-order valence-electron chi connectivity index (χ1n) is 8.10. The summed E-state index contributed by atoms with van der Waals surface area (Å²) in [5.74, 6) is -0.588. The highest BCUT2D eigenvalue weighted by Gasteiger charge is 2.40. The Morgan fingerprint density at radius 1 is 1.20 bits per heavy atom. The molecule has 0 saturated heterocycles. The molecule has 1 heterocycles. The van der Waals surface area contributed by atoms with Gasteiger partial charge in [-0.25, -0.2) is 4.79 Å². The number of carboxylic acids is 1. The number of benzene rings is 2. The molecule has 4 rings (SSSR count). The summed E-state index contributed by atoms with van der Waals surface area (Å²) in [6, 6.07) is 11.8. The Hall–Kier alpha value is -3.15. The SMILES string of the molecule is O=C(O)c1ccc([C@@H]2Nc3c(cccc3[N+](=O)[O-])[C@@H]3C=CC[C@@H]32)cc1. The van der Waals surface area contributed by atoms with Gasteiger partial charge in [0.25, 0.3) is 5.69 Å².